The maximum absolute atomic E-state index is 11.7. The molecule has 0 aliphatic rings. The minimum Gasteiger partial charge on any atom is -1.00 e. The number of anilines is 1. The van der Waals surface area contributed by atoms with Gasteiger partial charge in [0.2, 0.25) is 11.5 Å². The molecule has 0 atom stereocenters. The van der Waals surface area contributed by atoms with Gasteiger partial charge in [-0.05, 0) is 28.0 Å². The van der Waals surface area contributed by atoms with Gasteiger partial charge in [0.15, 0.2) is 11.5 Å². The zero-order chi connectivity index (χ0) is 16.7. The number of carbonyl (C=O) groups excluding carboxylic acids is 1. The summed E-state index contributed by atoms with van der Waals surface area (Å²) in [6, 6.07) is 5.68. The van der Waals surface area contributed by atoms with Crippen LogP contribution in [-0.2, 0) is 6.54 Å². The van der Waals surface area contributed by atoms with Gasteiger partial charge in [-0.2, -0.15) is 0 Å². The van der Waals surface area contributed by atoms with Gasteiger partial charge in [-0.15, -0.1) is 0 Å². The molecular formula is C14H20ClN5O4. The molecule has 0 aliphatic carbocycles. The third-order valence-corrected chi connectivity index (χ3v) is 3.09. The van der Waals surface area contributed by atoms with E-state index in [2.05, 4.69) is 25.6 Å². The molecule has 0 radical (unpaired) electrons. The fourth-order valence-corrected chi connectivity index (χ4v) is 1.92. The standard InChI is InChI=1S/C14H19N5O4.ClH/c1-21-10-4-3-9(7-11(10)22-2)8-16-5-6-17-14(20)12-13(15)19-23-18-12;/h3-4,7,16H,5-6,8H2,1-2H3,(H2,15,19)(H,17,20);1H. The van der Waals surface area contributed by atoms with Crippen LogP contribution in [0.4, 0.5) is 5.82 Å². The minimum atomic E-state index is -0.420. The maximum Gasteiger partial charge on any atom is 1.00 e. The molecule has 9 nitrogen and oxygen atoms in total. The van der Waals surface area contributed by atoms with E-state index in [-0.39, 0.29) is 25.3 Å². The van der Waals surface area contributed by atoms with Crippen molar-refractivity contribution in [3.05, 3.63) is 29.5 Å². The van der Waals surface area contributed by atoms with Crippen LogP contribution in [-0.4, -0.2) is 43.5 Å². The number of amides is 1. The summed E-state index contributed by atoms with van der Waals surface area (Å²) >= 11 is 0. The molecule has 1 aromatic carbocycles. The molecule has 1 amide bonds. The smallest absolute Gasteiger partial charge is 1.00 e. The molecule has 0 bridgehead atoms. The lowest BCUT2D eigenvalue weighted by Gasteiger charge is -2.10. The third-order valence-electron chi connectivity index (χ3n) is 3.09. The lowest BCUT2D eigenvalue weighted by atomic mass is 10.2. The van der Waals surface area contributed by atoms with Crippen molar-refractivity contribution in [2.75, 3.05) is 33.0 Å². The van der Waals surface area contributed by atoms with Crippen LogP contribution in [0, 0.1) is 0 Å². The molecule has 2 rings (SSSR count). The van der Waals surface area contributed by atoms with E-state index in [1.807, 2.05) is 18.2 Å². The normalized spacial score (nSPS) is 9.92. The van der Waals surface area contributed by atoms with E-state index in [1.165, 1.54) is 0 Å². The highest BCUT2D eigenvalue weighted by atomic mass is 35.5. The largest absolute Gasteiger partial charge is 1.00 e. The Kier molecular flexibility index (Phi) is 7.80. The van der Waals surface area contributed by atoms with Gasteiger partial charge in [0.1, 0.15) is 0 Å². The van der Waals surface area contributed by atoms with Crippen LogP contribution in [0.3, 0.4) is 0 Å². The Morgan fingerprint density at radius 1 is 1.25 bits per heavy atom. The monoisotopic (exact) mass is 357 g/mol. The van der Waals surface area contributed by atoms with Gasteiger partial charge in [0, 0.05) is 19.6 Å². The Balaban J connectivity index is 0.00000288. The number of rotatable bonds is 8. The van der Waals surface area contributed by atoms with Crippen LogP contribution < -0.4 is 38.2 Å². The van der Waals surface area contributed by atoms with Gasteiger partial charge >= 0.3 is 1.43 Å². The first kappa shape index (κ1) is 19.5. The highest BCUT2D eigenvalue weighted by Crippen LogP contribution is 2.27. The predicted molar refractivity (Wildman–Crippen MR) is 83.4 cm³/mol. The highest BCUT2D eigenvalue weighted by molar-refractivity contribution is 5.95. The first-order valence-electron chi connectivity index (χ1n) is 6.93. The fraction of sp³-hybridized carbons (Fsp3) is 0.357. The summed E-state index contributed by atoms with van der Waals surface area (Å²) in [5.41, 5.74) is 6.46. The Hall–Kier alpha value is -2.52. The maximum atomic E-state index is 11.7. The van der Waals surface area contributed by atoms with Gasteiger partial charge in [0.05, 0.1) is 14.2 Å². The SMILES string of the molecule is COc1ccc(CNCCNC(=O)c2nonc2N)cc1OC.[Cl-].[H+]. The van der Waals surface area contributed by atoms with E-state index in [0.717, 1.165) is 5.56 Å². The number of benzene rings is 1. The van der Waals surface area contributed by atoms with E-state index >= 15 is 0 Å². The molecule has 0 unspecified atom stereocenters. The molecule has 0 aliphatic heterocycles. The average Bonchev–Trinajstić information content (AvgIpc) is 3.00. The number of nitrogens with zero attached hydrogens (tertiary/aromatic N) is 2. The van der Waals surface area contributed by atoms with E-state index in [4.69, 9.17) is 15.2 Å². The van der Waals surface area contributed by atoms with Crippen molar-refractivity contribution in [1.29, 1.82) is 0 Å². The second-order valence-electron chi connectivity index (χ2n) is 4.62. The summed E-state index contributed by atoms with van der Waals surface area (Å²) in [5.74, 6) is 0.911. The van der Waals surface area contributed by atoms with Crippen LogP contribution in [0.25, 0.3) is 0 Å². The number of ether oxygens (including phenoxy) is 2. The summed E-state index contributed by atoms with van der Waals surface area (Å²) in [6.07, 6.45) is 0. The minimum absolute atomic E-state index is 0. The van der Waals surface area contributed by atoms with Crippen LogP contribution in [0.1, 0.15) is 17.5 Å². The molecule has 0 fully saturated rings. The number of nitrogens with two attached hydrogens (primary N) is 1. The van der Waals surface area contributed by atoms with Gasteiger partial charge in [-0.1, -0.05) is 6.07 Å². The number of nitrogen functional groups attached to an aromatic ring is 1. The lowest BCUT2D eigenvalue weighted by molar-refractivity contribution is -0.0000142. The third kappa shape index (κ3) is 5.00. The number of methoxy groups -OCH3 is 2. The van der Waals surface area contributed by atoms with E-state index < -0.39 is 5.91 Å². The van der Waals surface area contributed by atoms with Crippen molar-refractivity contribution in [2.45, 2.75) is 6.54 Å². The van der Waals surface area contributed by atoms with Crippen LogP contribution in [0.2, 0.25) is 0 Å². The zero-order valence-electron chi connectivity index (χ0n) is 14.3. The van der Waals surface area contributed by atoms with Gasteiger partial charge in [-0.3, -0.25) is 4.79 Å². The second kappa shape index (κ2) is 9.58. The second-order valence-corrected chi connectivity index (χ2v) is 4.62. The van der Waals surface area contributed by atoms with Crippen molar-refractivity contribution in [1.82, 2.24) is 20.9 Å². The van der Waals surface area contributed by atoms with Crippen LogP contribution >= 0.6 is 0 Å². The lowest BCUT2D eigenvalue weighted by Crippen LogP contribution is -3.00. The number of aromatic nitrogens is 2. The number of hydrogen-bond acceptors (Lipinski definition) is 8. The first-order chi connectivity index (χ1) is 11.2. The molecule has 24 heavy (non-hydrogen) atoms. The van der Waals surface area contributed by atoms with Crippen molar-refractivity contribution in [2.24, 2.45) is 0 Å². The molecule has 10 heteroatoms. The Morgan fingerprint density at radius 3 is 2.62 bits per heavy atom. The quantitative estimate of drug-likeness (QED) is 0.436. The van der Waals surface area contributed by atoms with Gasteiger partial charge < -0.3 is 38.2 Å². The molecule has 1 aromatic heterocycles. The number of nitrogens with one attached hydrogen (secondary N) is 2. The van der Waals surface area contributed by atoms with Crippen LogP contribution in [0.5, 0.6) is 11.5 Å². The Bertz CT molecular complexity index is 670. The molecule has 132 valence electrons. The summed E-state index contributed by atoms with van der Waals surface area (Å²) < 4.78 is 14.8. The number of hydrogen-bond donors (Lipinski definition) is 3. The number of halogens is 1. The molecule has 0 saturated heterocycles. The zero-order valence-corrected chi connectivity index (χ0v) is 14.1. The Morgan fingerprint density at radius 2 is 2.00 bits per heavy atom. The summed E-state index contributed by atoms with van der Waals surface area (Å²) in [5, 5.41) is 12.6. The van der Waals surface area contributed by atoms with Gasteiger partial charge in [0.25, 0.3) is 5.91 Å². The van der Waals surface area contributed by atoms with Crippen molar-refractivity contribution in [3.8, 4) is 11.5 Å². The van der Waals surface area contributed by atoms with Crippen molar-refractivity contribution in [3.63, 3.8) is 0 Å². The summed E-state index contributed by atoms with van der Waals surface area (Å²) in [6.45, 7) is 1.62. The van der Waals surface area contributed by atoms with Crippen molar-refractivity contribution < 1.29 is 32.7 Å². The predicted octanol–water partition coefficient (Wildman–Crippen LogP) is -2.69. The fourth-order valence-electron chi connectivity index (χ4n) is 1.92. The van der Waals surface area contributed by atoms with E-state index in [9.17, 15) is 4.79 Å². The summed E-state index contributed by atoms with van der Waals surface area (Å²) in [7, 11) is 3.19. The Labute approximate surface area is 146 Å². The molecule has 0 saturated carbocycles. The average molecular weight is 358 g/mol. The first-order valence-corrected chi connectivity index (χ1v) is 6.93. The van der Waals surface area contributed by atoms with Crippen molar-refractivity contribution >= 4 is 11.7 Å². The van der Waals surface area contributed by atoms with Crippen LogP contribution in [0.15, 0.2) is 22.8 Å². The molecular weight excluding hydrogens is 338 g/mol. The molecule has 4 N–H and O–H groups in total. The highest BCUT2D eigenvalue weighted by Gasteiger charge is 2.14. The van der Waals surface area contributed by atoms with E-state index in [1.54, 1.807) is 14.2 Å². The topological polar surface area (TPSA) is 125 Å². The molecule has 2 aromatic rings. The molecule has 1 heterocycles. The van der Waals surface area contributed by atoms with Gasteiger partial charge in [-0.25, -0.2) is 4.63 Å². The summed E-state index contributed by atoms with van der Waals surface area (Å²) in [4.78, 5) is 11.7. The number of carbonyl (C=O) groups is 1. The molecule has 0 spiro atoms. The van der Waals surface area contributed by atoms with E-state index in [0.29, 0.717) is 31.1 Å².